The Hall–Kier alpha value is -4.57. The minimum Gasteiger partial charge on any atom is -0.508 e. The van der Waals surface area contributed by atoms with E-state index in [2.05, 4.69) is 26.4 Å². The minimum atomic E-state index is -0.479. The van der Waals surface area contributed by atoms with Crippen LogP contribution in [0.2, 0.25) is 0 Å². The van der Waals surface area contributed by atoms with E-state index in [0.29, 0.717) is 16.8 Å². The lowest BCUT2D eigenvalue weighted by Crippen LogP contribution is -2.23. The molecule has 0 aromatic heterocycles. The molecule has 2 amide bonds. The number of aliphatic imine (C=N–C) groups is 1. The largest absolute Gasteiger partial charge is 0.508 e. The molecule has 0 aliphatic carbocycles. The summed E-state index contributed by atoms with van der Waals surface area (Å²) in [5.41, 5.74) is 3.00. The molecule has 164 valence electrons. The van der Waals surface area contributed by atoms with Crippen molar-refractivity contribution in [3.8, 4) is 18.1 Å². The van der Waals surface area contributed by atoms with Gasteiger partial charge in [-0.25, -0.2) is 0 Å². The van der Waals surface area contributed by atoms with Crippen LogP contribution in [0.5, 0.6) is 5.75 Å². The summed E-state index contributed by atoms with van der Waals surface area (Å²) in [7, 11) is 1.98. The minimum absolute atomic E-state index is 0.0911. The summed E-state index contributed by atoms with van der Waals surface area (Å²) in [5.74, 6) is 2.47. The predicted octanol–water partition coefficient (Wildman–Crippen LogP) is 3.57. The number of phenolic OH excluding ortho intramolecular Hbond substituents is 1. The SMILES string of the molecule is C#Cc1ccc(NC(=O)c2cc(O)ccc2NC(=O)c2ccc(C3=NCCN3C)cc2)cc1. The fourth-order valence-electron chi connectivity index (χ4n) is 3.49. The fourth-order valence-corrected chi connectivity index (χ4v) is 3.49. The smallest absolute Gasteiger partial charge is 0.257 e. The molecule has 0 spiro atoms. The first-order valence-corrected chi connectivity index (χ1v) is 10.3. The number of benzene rings is 3. The second-order valence-electron chi connectivity index (χ2n) is 7.56. The summed E-state index contributed by atoms with van der Waals surface area (Å²) >= 11 is 0. The number of phenols is 1. The van der Waals surface area contributed by atoms with Gasteiger partial charge in [0, 0.05) is 36.0 Å². The van der Waals surface area contributed by atoms with Gasteiger partial charge in [-0.15, -0.1) is 6.42 Å². The van der Waals surface area contributed by atoms with Crippen LogP contribution in [-0.4, -0.2) is 47.8 Å². The molecule has 3 aromatic carbocycles. The molecule has 4 rings (SSSR count). The van der Waals surface area contributed by atoms with Gasteiger partial charge < -0.3 is 20.6 Å². The van der Waals surface area contributed by atoms with Gasteiger partial charge in [0.15, 0.2) is 0 Å². The van der Waals surface area contributed by atoms with Crippen molar-refractivity contribution in [2.45, 2.75) is 0 Å². The van der Waals surface area contributed by atoms with Gasteiger partial charge in [-0.05, 0) is 54.6 Å². The summed E-state index contributed by atoms with van der Waals surface area (Å²) in [6.07, 6.45) is 5.36. The number of amides is 2. The lowest BCUT2D eigenvalue weighted by Gasteiger charge is -2.14. The summed E-state index contributed by atoms with van der Waals surface area (Å²) in [5, 5.41) is 15.4. The van der Waals surface area contributed by atoms with Crippen molar-refractivity contribution >= 4 is 29.0 Å². The van der Waals surface area contributed by atoms with E-state index in [0.717, 1.165) is 24.5 Å². The van der Waals surface area contributed by atoms with Gasteiger partial charge in [-0.3, -0.25) is 14.6 Å². The molecular weight excluding hydrogens is 416 g/mol. The monoisotopic (exact) mass is 438 g/mol. The number of amidine groups is 1. The van der Waals surface area contributed by atoms with Crippen LogP contribution >= 0.6 is 0 Å². The second kappa shape index (κ2) is 9.28. The van der Waals surface area contributed by atoms with Crippen LogP contribution in [0.3, 0.4) is 0 Å². The van der Waals surface area contributed by atoms with Gasteiger partial charge in [-0.1, -0.05) is 18.1 Å². The van der Waals surface area contributed by atoms with Crippen LogP contribution in [-0.2, 0) is 0 Å². The maximum absolute atomic E-state index is 12.9. The second-order valence-corrected chi connectivity index (χ2v) is 7.56. The van der Waals surface area contributed by atoms with Gasteiger partial charge in [0.1, 0.15) is 11.6 Å². The zero-order valence-electron chi connectivity index (χ0n) is 18.0. The Kier molecular flexibility index (Phi) is 6.09. The zero-order chi connectivity index (χ0) is 23.4. The van der Waals surface area contributed by atoms with Gasteiger partial charge in [-0.2, -0.15) is 0 Å². The van der Waals surface area contributed by atoms with Crippen molar-refractivity contribution in [1.82, 2.24) is 4.90 Å². The molecule has 0 bridgehead atoms. The summed E-state index contributed by atoms with van der Waals surface area (Å²) < 4.78 is 0. The van der Waals surface area contributed by atoms with Crippen LogP contribution in [0.4, 0.5) is 11.4 Å². The van der Waals surface area contributed by atoms with Gasteiger partial charge >= 0.3 is 0 Å². The third-order valence-electron chi connectivity index (χ3n) is 5.27. The summed E-state index contributed by atoms with van der Waals surface area (Å²) in [6.45, 7) is 1.63. The van der Waals surface area contributed by atoms with Crippen molar-refractivity contribution in [2.24, 2.45) is 4.99 Å². The third-order valence-corrected chi connectivity index (χ3v) is 5.27. The van der Waals surface area contributed by atoms with Crippen LogP contribution in [0, 0.1) is 12.3 Å². The highest BCUT2D eigenvalue weighted by molar-refractivity contribution is 6.13. The van der Waals surface area contributed by atoms with E-state index >= 15 is 0 Å². The van der Waals surface area contributed by atoms with Crippen molar-refractivity contribution in [1.29, 1.82) is 0 Å². The average Bonchev–Trinajstić information content (AvgIpc) is 3.26. The number of aromatic hydroxyl groups is 1. The van der Waals surface area contributed by atoms with Crippen LogP contribution in [0.1, 0.15) is 31.8 Å². The van der Waals surface area contributed by atoms with Gasteiger partial charge in [0.2, 0.25) is 0 Å². The van der Waals surface area contributed by atoms with Crippen molar-refractivity contribution < 1.29 is 14.7 Å². The Labute approximate surface area is 191 Å². The molecule has 1 aliphatic heterocycles. The number of anilines is 2. The Morgan fingerprint density at radius 3 is 2.36 bits per heavy atom. The Morgan fingerprint density at radius 2 is 1.73 bits per heavy atom. The molecule has 0 atom stereocenters. The van der Waals surface area contributed by atoms with Gasteiger partial charge in [0.25, 0.3) is 11.8 Å². The van der Waals surface area contributed by atoms with E-state index in [1.54, 1.807) is 36.4 Å². The third kappa shape index (κ3) is 4.86. The molecule has 1 aliphatic rings. The first-order valence-electron chi connectivity index (χ1n) is 10.3. The predicted molar refractivity (Wildman–Crippen MR) is 129 cm³/mol. The number of hydrogen-bond donors (Lipinski definition) is 3. The molecule has 33 heavy (non-hydrogen) atoms. The molecule has 7 heteroatoms. The summed E-state index contributed by atoms with van der Waals surface area (Å²) in [4.78, 5) is 32.2. The number of carbonyl (C=O) groups is 2. The van der Waals surface area contributed by atoms with Crippen LogP contribution in [0.15, 0.2) is 71.7 Å². The number of hydrogen-bond acceptors (Lipinski definition) is 5. The van der Waals surface area contributed by atoms with E-state index < -0.39 is 5.91 Å². The summed E-state index contributed by atoms with van der Waals surface area (Å²) in [6, 6.07) is 18.1. The number of terminal acetylenes is 1. The molecule has 0 fully saturated rings. The molecule has 0 unspecified atom stereocenters. The molecule has 3 aromatic rings. The van der Waals surface area contributed by atoms with Crippen LogP contribution < -0.4 is 10.6 Å². The van der Waals surface area contributed by atoms with Crippen molar-refractivity contribution in [2.75, 3.05) is 30.8 Å². The number of nitrogens with one attached hydrogen (secondary N) is 2. The van der Waals surface area contributed by atoms with Gasteiger partial charge in [0.05, 0.1) is 17.8 Å². The lowest BCUT2D eigenvalue weighted by molar-refractivity contribution is 0.102. The number of rotatable bonds is 5. The van der Waals surface area contributed by atoms with E-state index in [9.17, 15) is 14.7 Å². The lowest BCUT2D eigenvalue weighted by atomic mass is 10.1. The number of nitrogens with zero attached hydrogens (tertiary/aromatic N) is 2. The fraction of sp³-hybridized carbons (Fsp3) is 0.115. The topological polar surface area (TPSA) is 94.0 Å². The van der Waals surface area contributed by atoms with E-state index in [1.807, 2.05) is 19.2 Å². The quantitative estimate of drug-likeness (QED) is 0.419. The molecule has 0 saturated heterocycles. The molecule has 1 heterocycles. The Morgan fingerprint density at radius 1 is 1.00 bits per heavy atom. The maximum atomic E-state index is 12.9. The van der Waals surface area contributed by atoms with E-state index in [-0.39, 0.29) is 22.9 Å². The first-order chi connectivity index (χ1) is 15.9. The number of likely N-dealkylation sites (N-methyl/N-ethyl adjacent to an activating group) is 1. The Balaban J connectivity index is 1.51. The number of carbonyl (C=O) groups excluding carboxylic acids is 2. The Bertz CT molecular complexity index is 1270. The molecule has 7 nitrogen and oxygen atoms in total. The highest BCUT2D eigenvalue weighted by Gasteiger charge is 2.18. The highest BCUT2D eigenvalue weighted by atomic mass is 16.3. The van der Waals surface area contributed by atoms with Crippen molar-refractivity contribution in [3.63, 3.8) is 0 Å². The highest BCUT2D eigenvalue weighted by Crippen LogP contribution is 2.24. The first kappa shape index (κ1) is 21.7. The zero-order valence-corrected chi connectivity index (χ0v) is 18.0. The molecule has 0 radical (unpaired) electrons. The normalized spacial score (nSPS) is 12.6. The van der Waals surface area contributed by atoms with Crippen LogP contribution in [0.25, 0.3) is 0 Å². The van der Waals surface area contributed by atoms with E-state index in [1.165, 1.54) is 18.2 Å². The molecular formula is C26H22N4O3. The van der Waals surface area contributed by atoms with E-state index in [4.69, 9.17) is 6.42 Å². The van der Waals surface area contributed by atoms with Crippen molar-refractivity contribution in [3.05, 3.63) is 89.0 Å². The molecule has 0 saturated carbocycles. The molecule has 3 N–H and O–H groups in total. The standard InChI is InChI=1S/C26H22N4O3/c1-3-17-4-10-20(11-5-17)28-26(33)22-16-21(31)12-13-23(22)29-25(32)19-8-6-18(7-9-19)24-27-14-15-30(24)2/h1,4-13,16,31H,14-15H2,2H3,(H,28,33)(H,29,32). The maximum Gasteiger partial charge on any atom is 0.257 e. The average molecular weight is 438 g/mol.